The van der Waals surface area contributed by atoms with Crippen molar-refractivity contribution in [1.82, 2.24) is 0 Å². The van der Waals surface area contributed by atoms with Gasteiger partial charge in [-0.3, -0.25) is 0 Å². The van der Waals surface area contributed by atoms with Crippen molar-refractivity contribution in [3.05, 3.63) is 12.2 Å². The number of rotatable bonds is 4. The van der Waals surface area contributed by atoms with E-state index in [0.29, 0.717) is 12.8 Å². The molecule has 23 heavy (non-hydrogen) atoms. The third kappa shape index (κ3) is 3.34. The van der Waals surface area contributed by atoms with Crippen LogP contribution in [0.25, 0.3) is 0 Å². The van der Waals surface area contributed by atoms with Crippen LogP contribution in [-0.2, 0) is 4.79 Å². The molecule has 9 heteroatoms. The highest BCUT2D eigenvalue weighted by Crippen LogP contribution is 2.57. The highest BCUT2D eigenvalue weighted by Gasteiger charge is 2.71. The van der Waals surface area contributed by atoms with Crippen molar-refractivity contribution >= 4 is 5.97 Å². The van der Waals surface area contributed by atoms with E-state index in [1.807, 2.05) is 0 Å². The first-order chi connectivity index (χ1) is 10.3. The predicted octanol–water partition coefficient (Wildman–Crippen LogP) is 3.54. The monoisotopic (exact) mass is 346 g/mol. The summed E-state index contributed by atoms with van der Waals surface area (Å²) in [4.78, 5) is 10.5. The number of carboxylic acid groups (broad SMARTS) is 1. The summed E-state index contributed by atoms with van der Waals surface area (Å²) in [6, 6.07) is 0. The van der Waals surface area contributed by atoms with Gasteiger partial charge in [-0.05, 0) is 49.4 Å². The first kappa shape index (κ1) is 18.1. The smallest absolute Gasteiger partial charge is 0.426 e. The summed E-state index contributed by atoms with van der Waals surface area (Å²) < 4.78 is 76.7. The Hall–Kier alpha value is -1.25. The lowest BCUT2D eigenvalue weighted by Gasteiger charge is -2.37. The fraction of sp³-hybridized carbons (Fsp3) is 0.786. The van der Waals surface area contributed by atoms with Crippen molar-refractivity contribution in [3.8, 4) is 0 Å². The minimum Gasteiger partial charge on any atom is -0.478 e. The van der Waals surface area contributed by atoms with E-state index in [9.17, 15) is 36.2 Å². The summed E-state index contributed by atoms with van der Waals surface area (Å²) in [6.07, 6.45) is -9.64. The molecule has 0 saturated heterocycles. The summed E-state index contributed by atoms with van der Waals surface area (Å²) in [6.45, 7) is 0. The average Bonchev–Trinajstić information content (AvgIpc) is 2.92. The number of fused-ring (bicyclic) bond motifs is 2. The molecule has 2 bridgehead atoms. The maximum Gasteiger partial charge on any atom is 0.426 e. The summed E-state index contributed by atoms with van der Waals surface area (Å²) in [5.74, 6) is -3.01. The molecule has 2 fully saturated rings. The van der Waals surface area contributed by atoms with Crippen molar-refractivity contribution in [2.24, 2.45) is 23.7 Å². The zero-order valence-electron chi connectivity index (χ0n) is 11.9. The molecule has 2 rings (SSSR count). The van der Waals surface area contributed by atoms with Gasteiger partial charge in [0.1, 0.15) is 0 Å². The molecule has 0 spiro atoms. The van der Waals surface area contributed by atoms with Crippen molar-refractivity contribution in [2.75, 3.05) is 0 Å². The molecule has 0 heterocycles. The van der Waals surface area contributed by atoms with Crippen LogP contribution in [0.2, 0.25) is 0 Å². The molecule has 0 aromatic carbocycles. The lowest BCUT2D eigenvalue weighted by molar-refractivity contribution is -0.373. The Balaban J connectivity index is 2.18. The van der Waals surface area contributed by atoms with Gasteiger partial charge in [-0.15, -0.1) is 0 Å². The van der Waals surface area contributed by atoms with E-state index >= 15 is 0 Å². The Labute approximate surface area is 128 Å². The molecule has 3 nitrogen and oxygen atoms in total. The molecule has 2 aliphatic rings. The third-order valence-corrected chi connectivity index (χ3v) is 4.98. The summed E-state index contributed by atoms with van der Waals surface area (Å²) >= 11 is 0. The van der Waals surface area contributed by atoms with Gasteiger partial charge in [0.2, 0.25) is 0 Å². The number of halogens is 6. The van der Waals surface area contributed by atoms with Gasteiger partial charge >= 0.3 is 18.3 Å². The topological polar surface area (TPSA) is 57.5 Å². The lowest BCUT2D eigenvalue weighted by Crippen LogP contribution is -2.58. The Morgan fingerprint density at radius 1 is 1.04 bits per heavy atom. The van der Waals surface area contributed by atoms with E-state index in [1.54, 1.807) is 0 Å². The Kier molecular flexibility index (Phi) is 4.47. The zero-order valence-corrected chi connectivity index (χ0v) is 11.9. The van der Waals surface area contributed by atoms with Crippen molar-refractivity contribution < 1.29 is 41.4 Å². The summed E-state index contributed by atoms with van der Waals surface area (Å²) in [5.41, 5.74) is -4.73. The largest absolute Gasteiger partial charge is 0.478 e. The Morgan fingerprint density at radius 2 is 1.61 bits per heavy atom. The molecule has 2 N–H and O–H groups in total. The lowest BCUT2D eigenvalue weighted by atomic mass is 9.74. The molecule has 0 radical (unpaired) electrons. The molecular weight excluding hydrogens is 330 g/mol. The molecule has 4 atom stereocenters. The van der Waals surface area contributed by atoms with Gasteiger partial charge in [0, 0.05) is 6.08 Å². The van der Waals surface area contributed by atoms with Crippen LogP contribution < -0.4 is 0 Å². The van der Waals surface area contributed by atoms with E-state index < -0.39 is 42.2 Å². The van der Waals surface area contributed by atoms with Gasteiger partial charge < -0.3 is 10.2 Å². The standard InChI is InChI=1S/C14H16F6O3/c15-13(16,17)12(23,14(18,19)20)6-9-4-7-3-8(10(9)5-7)1-2-11(21)22/h1-2,7-10,23H,3-6H2,(H,21,22). The number of hydrogen-bond acceptors (Lipinski definition) is 2. The van der Waals surface area contributed by atoms with Gasteiger partial charge in [-0.1, -0.05) is 6.08 Å². The minimum absolute atomic E-state index is 0.0286. The Morgan fingerprint density at radius 3 is 2.04 bits per heavy atom. The number of alkyl halides is 6. The first-order valence-corrected chi connectivity index (χ1v) is 7.12. The van der Waals surface area contributed by atoms with Gasteiger partial charge in [-0.2, -0.15) is 26.3 Å². The Bertz CT molecular complexity index is 482. The number of aliphatic hydroxyl groups is 1. The zero-order chi connectivity index (χ0) is 17.6. The highest BCUT2D eigenvalue weighted by molar-refractivity contribution is 5.79. The highest BCUT2D eigenvalue weighted by atomic mass is 19.4. The van der Waals surface area contributed by atoms with Gasteiger partial charge in [0.05, 0.1) is 0 Å². The third-order valence-electron chi connectivity index (χ3n) is 4.98. The van der Waals surface area contributed by atoms with Gasteiger partial charge in [0.15, 0.2) is 0 Å². The molecule has 2 saturated carbocycles. The van der Waals surface area contributed by atoms with Crippen LogP contribution >= 0.6 is 0 Å². The van der Waals surface area contributed by atoms with Gasteiger partial charge in [-0.25, -0.2) is 4.79 Å². The van der Waals surface area contributed by atoms with Crippen LogP contribution in [0.3, 0.4) is 0 Å². The van der Waals surface area contributed by atoms with Crippen LogP contribution in [0.5, 0.6) is 0 Å². The average molecular weight is 346 g/mol. The second kappa shape index (κ2) is 5.68. The second-order valence-corrected chi connectivity index (χ2v) is 6.42. The minimum atomic E-state index is -5.81. The normalized spacial score (nSPS) is 32.0. The molecule has 0 aromatic heterocycles. The number of hydrogen-bond donors (Lipinski definition) is 2. The second-order valence-electron chi connectivity index (χ2n) is 6.42. The molecule has 4 unspecified atom stereocenters. The first-order valence-electron chi connectivity index (χ1n) is 7.12. The van der Waals surface area contributed by atoms with Crippen LogP contribution in [0.1, 0.15) is 25.7 Å². The number of carbonyl (C=O) groups is 1. The van der Waals surface area contributed by atoms with Crippen molar-refractivity contribution in [2.45, 2.75) is 43.6 Å². The predicted molar refractivity (Wildman–Crippen MR) is 66.3 cm³/mol. The summed E-state index contributed by atoms with van der Waals surface area (Å²) in [5, 5.41) is 17.9. The fourth-order valence-electron chi connectivity index (χ4n) is 3.99. The van der Waals surface area contributed by atoms with Crippen LogP contribution in [-0.4, -0.2) is 34.1 Å². The van der Waals surface area contributed by atoms with Gasteiger partial charge in [0.25, 0.3) is 5.60 Å². The van der Waals surface area contributed by atoms with Crippen LogP contribution in [0, 0.1) is 23.7 Å². The number of allylic oxidation sites excluding steroid dienone is 1. The van der Waals surface area contributed by atoms with Crippen LogP contribution in [0.15, 0.2) is 12.2 Å². The fourth-order valence-corrected chi connectivity index (χ4v) is 3.99. The summed E-state index contributed by atoms with van der Waals surface area (Å²) in [7, 11) is 0. The van der Waals surface area contributed by atoms with E-state index in [4.69, 9.17) is 5.11 Å². The molecule has 132 valence electrons. The maximum atomic E-state index is 12.8. The molecular formula is C14H16F6O3. The van der Waals surface area contributed by atoms with Crippen molar-refractivity contribution in [1.29, 1.82) is 0 Å². The number of carboxylic acids is 1. The molecule has 0 aliphatic heterocycles. The molecule has 0 amide bonds. The van der Waals surface area contributed by atoms with E-state index in [2.05, 4.69) is 0 Å². The van der Waals surface area contributed by atoms with E-state index in [1.165, 1.54) is 6.08 Å². The van der Waals surface area contributed by atoms with E-state index in [0.717, 1.165) is 6.08 Å². The quantitative estimate of drug-likeness (QED) is 0.605. The SMILES string of the molecule is O=C(O)C=CC1CC2CC(CC(O)(C(F)(F)F)C(F)(F)F)C1C2. The van der Waals surface area contributed by atoms with Crippen LogP contribution in [0.4, 0.5) is 26.3 Å². The number of aliphatic carboxylic acids is 1. The van der Waals surface area contributed by atoms with Crippen molar-refractivity contribution in [3.63, 3.8) is 0 Å². The molecule has 0 aromatic rings. The molecule has 2 aliphatic carbocycles. The maximum absolute atomic E-state index is 12.8. The van der Waals surface area contributed by atoms with E-state index in [-0.39, 0.29) is 18.3 Å².